The van der Waals surface area contributed by atoms with E-state index in [4.69, 9.17) is 18.9 Å². The van der Waals surface area contributed by atoms with Gasteiger partial charge in [-0.3, -0.25) is 4.79 Å². The van der Waals surface area contributed by atoms with Crippen LogP contribution in [0.3, 0.4) is 0 Å². The average Bonchev–Trinajstić information content (AvgIpc) is 3.97. The quantitative estimate of drug-likeness (QED) is 0.0702. The molecular weight excluding hydrogens is 855 g/mol. The van der Waals surface area contributed by atoms with E-state index in [9.17, 15) is 40.2 Å². The Balaban J connectivity index is 0.808. The number of thioether (sulfide) groups is 1. The highest BCUT2D eigenvalue weighted by molar-refractivity contribution is 8.00. The van der Waals surface area contributed by atoms with Gasteiger partial charge in [0.05, 0.1) is 31.9 Å². The van der Waals surface area contributed by atoms with Crippen molar-refractivity contribution in [3.8, 4) is 0 Å². The minimum Gasteiger partial charge on any atom is -0.394 e. The monoisotopic (exact) mass is 938 g/mol. The maximum atomic E-state index is 13.2. The molecule has 0 bridgehead atoms. The number of hydrogen-bond acceptors (Lipinski definition) is 13. The number of aliphatic hydroxyl groups excluding tert-OH is 6. The molecule has 4 saturated heterocycles. The van der Waals surface area contributed by atoms with Crippen LogP contribution in [-0.2, 0) is 23.7 Å². The molecule has 4 heterocycles. The molecule has 22 atom stereocenters. The maximum Gasteiger partial charge on any atom is 0.315 e. The third-order valence-electron chi connectivity index (χ3n) is 18.6. The van der Waals surface area contributed by atoms with Gasteiger partial charge < -0.3 is 65.5 Å². The van der Waals surface area contributed by atoms with E-state index in [2.05, 4.69) is 43.6 Å². The van der Waals surface area contributed by atoms with Gasteiger partial charge in [-0.2, -0.15) is 11.8 Å². The Labute approximate surface area is 391 Å². The highest BCUT2D eigenvalue weighted by Gasteiger charge is 2.60. The summed E-state index contributed by atoms with van der Waals surface area (Å²) in [7, 11) is 0. The van der Waals surface area contributed by atoms with Gasteiger partial charge >= 0.3 is 6.03 Å². The van der Waals surface area contributed by atoms with Crippen molar-refractivity contribution in [3.63, 3.8) is 0 Å². The Morgan fingerprint density at radius 3 is 2.37 bits per heavy atom. The molecule has 8 rings (SSSR count). The maximum absolute atomic E-state index is 13.2. The van der Waals surface area contributed by atoms with Crippen LogP contribution in [0.1, 0.15) is 137 Å². The highest BCUT2D eigenvalue weighted by Crippen LogP contribution is 2.68. The molecular formula is C49H83N3O12S. The van der Waals surface area contributed by atoms with Crippen molar-refractivity contribution < 1.29 is 59.2 Å². The highest BCUT2D eigenvalue weighted by atomic mass is 32.2. The molecule has 4 saturated carbocycles. The zero-order valence-electron chi connectivity index (χ0n) is 39.4. The number of carbonyl (C=O) groups excluding carboxylic acids is 2. The third kappa shape index (κ3) is 10.3. The van der Waals surface area contributed by atoms with Gasteiger partial charge in [-0.25, -0.2) is 4.79 Å². The van der Waals surface area contributed by atoms with Crippen molar-refractivity contribution in [2.24, 2.45) is 52.3 Å². The predicted octanol–water partition coefficient (Wildman–Crippen LogP) is 3.97. The van der Waals surface area contributed by atoms with E-state index in [0.29, 0.717) is 23.2 Å². The summed E-state index contributed by atoms with van der Waals surface area (Å²) in [4.78, 5) is 25.0. The molecule has 3 amide bonds. The Morgan fingerprint density at radius 1 is 0.831 bits per heavy atom. The van der Waals surface area contributed by atoms with Crippen LogP contribution in [0, 0.1) is 52.3 Å². The number of carbonyl (C=O) groups is 2. The van der Waals surface area contributed by atoms with Gasteiger partial charge in [0, 0.05) is 17.4 Å². The summed E-state index contributed by atoms with van der Waals surface area (Å²) in [6, 6.07) is -1.29. The van der Waals surface area contributed by atoms with Gasteiger partial charge in [-0.15, -0.1) is 0 Å². The number of rotatable bonds is 18. The van der Waals surface area contributed by atoms with Crippen molar-refractivity contribution in [3.05, 3.63) is 0 Å². The van der Waals surface area contributed by atoms with E-state index < -0.39 is 80.5 Å². The zero-order chi connectivity index (χ0) is 46.2. The van der Waals surface area contributed by atoms with Crippen LogP contribution in [0.4, 0.5) is 4.79 Å². The summed E-state index contributed by atoms with van der Waals surface area (Å²) < 4.78 is 24.0. The van der Waals surface area contributed by atoms with Crippen molar-refractivity contribution in [2.75, 3.05) is 25.6 Å². The molecule has 1 unspecified atom stereocenters. The van der Waals surface area contributed by atoms with Crippen molar-refractivity contribution in [1.82, 2.24) is 16.0 Å². The van der Waals surface area contributed by atoms with E-state index in [0.717, 1.165) is 67.4 Å². The number of amides is 3. The lowest BCUT2D eigenvalue weighted by Crippen LogP contribution is -2.68. The van der Waals surface area contributed by atoms with Crippen LogP contribution in [-0.4, -0.2) is 147 Å². The number of hydrogen-bond donors (Lipinski definition) is 9. The number of aliphatic hydroxyl groups is 6. The van der Waals surface area contributed by atoms with Crippen molar-refractivity contribution in [2.45, 2.75) is 216 Å². The number of ether oxygens (including phenoxy) is 4. The number of nitrogens with one attached hydrogen (secondary N) is 3. The fraction of sp³-hybridized carbons (Fsp3) is 0.959. The lowest BCUT2D eigenvalue weighted by molar-refractivity contribution is -0.348. The van der Waals surface area contributed by atoms with E-state index in [1.165, 1.54) is 64.2 Å². The fourth-order valence-corrected chi connectivity index (χ4v) is 16.5. The second kappa shape index (κ2) is 21.4. The summed E-state index contributed by atoms with van der Waals surface area (Å²) in [5.74, 6) is 5.60. The molecule has 9 N–H and O–H groups in total. The lowest BCUT2D eigenvalue weighted by atomic mass is 9.44. The molecule has 16 heteroatoms. The first-order chi connectivity index (χ1) is 31.2. The van der Waals surface area contributed by atoms with Crippen LogP contribution in [0.2, 0.25) is 0 Å². The molecule has 4 aliphatic carbocycles. The molecule has 15 nitrogen and oxygen atoms in total. The number of fused-ring (bicyclic) bond motifs is 6. The largest absolute Gasteiger partial charge is 0.394 e. The Kier molecular flexibility index (Phi) is 16.5. The normalized spacial score (nSPS) is 46.8. The first-order valence-electron chi connectivity index (χ1n) is 25.7. The minimum atomic E-state index is -1.61. The van der Waals surface area contributed by atoms with Gasteiger partial charge in [0.1, 0.15) is 48.8 Å². The van der Waals surface area contributed by atoms with E-state index in [1.54, 1.807) is 11.8 Å². The summed E-state index contributed by atoms with van der Waals surface area (Å²) in [6.45, 7) is 8.91. The molecule has 8 aliphatic rings. The van der Waals surface area contributed by atoms with Gasteiger partial charge in [-0.1, -0.05) is 59.8 Å². The molecule has 8 fully saturated rings. The topological polar surface area (TPSA) is 229 Å². The number of unbranched alkanes of at least 4 members (excludes halogenated alkanes) is 1. The van der Waals surface area contributed by atoms with Crippen LogP contribution >= 0.6 is 11.8 Å². The SMILES string of the molecule is CC(CCC[C@@H](C)[C@H]1CC[C@H]2[C@@H]3CC[C@H]4CCCC[C@]4(C)[C@H]3CC[C@]12C)CO[C@@H]1O[C@H](CO)[C@H](O)[C@H](O[C@@H]2O[C@H](CO)[C@@H](O)[C@H](O)[C@H]2NC(=O)CCCC[C@@H]2SC[C@@H]3NC(=O)N[C@@H]32)[C@H]1O. The first-order valence-corrected chi connectivity index (χ1v) is 26.7. The zero-order valence-corrected chi connectivity index (χ0v) is 40.3. The number of urea groups is 1. The Bertz CT molecular complexity index is 1600. The third-order valence-corrected chi connectivity index (χ3v) is 20.2. The molecule has 65 heavy (non-hydrogen) atoms. The fourth-order valence-electron chi connectivity index (χ4n) is 15.0. The lowest BCUT2D eigenvalue weighted by Gasteiger charge is -2.61. The van der Waals surface area contributed by atoms with Crippen LogP contribution in [0.15, 0.2) is 0 Å². The van der Waals surface area contributed by atoms with Gasteiger partial charge in [0.2, 0.25) is 5.91 Å². The summed E-state index contributed by atoms with van der Waals surface area (Å²) in [6.07, 6.45) is 6.59. The Morgan fingerprint density at radius 2 is 1.58 bits per heavy atom. The molecule has 4 aliphatic heterocycles. The van der Waals surface area contributed by atoms with Crippen LogP contribution in [0.5, 0.6) is 0 Å². The predicted molar refractivity (Wildman–Crippen MR) is 244 cm³/mol. The molecule has 0 aromatic heterocycles. The first kappa shape index (κ1) is 50.1. The van der Waals surface area contributed by atoms with Crippen LogP contribution in [0.25, 0.3) is 0 Å². The molecule has 0 radical (unpaired) electrons. The van der Waals surface area contributed by atoms with E-state index in [-0.39, 0.29) is 42.3 Å². The van der Waals surface area contributed by atoms with E-state index in [1.807, 2.05) is 0 Å². The van der Waals surface area contributed by atoms with Gasteiger partial charge in [0.15, 0.2) is 12.6 Å². The van der Waals surface area contributed by atoms with E-state index >= 15 is 0 Å². The van der Waals surface area contributed by atoms with Crippen molar-refractivity contribution >= 4 is 23.7 Å². The standard InChI is InChI=1S/C49H83N3O12S/c1-26(10-9-11-27(2)30-17-18-31-29-16-15-28-12-7-8-20-48(28,3)32(29)19-21-49(30,31)4)24-61-46-43(59)44(41(57)35(23-54)63-46)64-45-39(42(58)40(56)34(22-53)62-45)51-37(55)14-6-5-13-36-38-33(25-65-36)50-47(60)52-38/h26-36,38-46,53-54,56-59H,5-25H2,1-4H3,(H,51,55)(H2,50,52,60)/t26?,27-,28-,29+,30-,31+,32+,33+,34-,35-,36+,38+,39-,40-,41+,42-,43-,44+,45+,46-,48+,49-/m1/s1. The van der Waals surface area contributed by atoms with Crippen LogP contribution < -0.4 is 16.0 Å². The average molecular weight is 938 g/mol. The Hall–Kier alpha value is -1.31. The van der Waals surface area contributed by atoms with Gasteiger partial charge in [-0.05, 0) is 123 Å². The van der Waals surface area contributed by atoms with Gasteiger partial charge in [0.25, 0.3) is 0 Å². The molecule has 0 aromatic rings. The smallest absolute Gasteiger partial charge is 0.315 e. The summed E-state index contributed by atoms with van der Waals surface area (Å²) >= 11 is 1.80. The molecule has 0 spiro atoms. The molecule has 372 valence electrons. The summed E-state index contributed by atoms with van der Waals surface area (Å²) in [5.41, 5.74) is 1.00. The molecule has 0 aromatic carbocycles. The second-order valence-corrected chi connectivity index (χ2v) is 23.7. The van der Waals surface area contributed by atoms with Crippen molar-refractivity contribution in [1.29, 1.82) is 0 Å². The summed E-state index contributed by atoms with van der Waals surface area (Å²) in [5, 5.41) is 73.7. The second-order valence-electron chi connectivity index (χ2n) is 22.5. The minimum absolute atomic E-state index is 0.0659.